The Kier molecular flexibility index (Phi) is 3.76. The summed E-state index contributed by atoms with van der Waals surface area (Å²) in [5.41, 5.74) is 6.61. The normalized spacial score (nSPS) is 12.0. The van der Waals surface area contributed by atoms with Crippen LogP contribution in [0.5, 0.6) is 0 Å². The molecule has 0 unspecified atom stereocenters. The number of aryl methyl sites for hydroxylation is 1. The fraction of sp³-hybridized carbons (Fsp3) is 0.625. The number of rotatable bonds is 5. The summed E-state index contributed by atoms with van der Waals surface area (Å²) >= 11 is 0. The Hall–Kier alpha value is -1.28. The zero-order chi connectivity index (χ0) is 12.3. The molecule has 0 saturated heterocycles. The van der Waals surface area contributed by atoms with Gasteiger partial charge in [-0.25, -0.2) is 0 Å². The molecule has 0 radical (unpaired) electrons. The fourth-order valence-corrected chi connectivity index (χ4v) is 2.47. The second kappa shape index (κ2) is 4.71. The third-order valence-electron chi connectivity index (χ3n) is 2.27. The molecule has 0 amide bonds. The minimum absolute atomic E-state index is 0.143. The van der Waals surface area contributed by atoms with Gasteiger partial charge in [-0.2, -0.15) is 17.8 Å². The lowest BCUT2D eigenvalue weighted by Gasteiger charge is -2.18. The molecule has 92 valence electrons. The van der Waals surface area contributed by atoms with Gasteiger partial charge in [0.2, 0.25) is 0 Å². The Labute approximate surface area is 95.2 Å². The third-order valence-corrected chi connectivity index (χ3v) is 3.91. The molecule has 4 N–H and O–H groups in total. The second-order valence-electron chi connectivity index (χ2n) is 3.30. The molecule has 0 spiro atoms. The average Bonchev–Trinajstić information content (AvgIpc) is 2.50. The van der Waals surface area contributed by atoms with Crippen molar-refractivity contribution in [1.82, 2.24) is 14.5 Å². The number of nitrogens with one attached hydrogen (secondary N) is 2. The number of hydrogen-bond donors (Lipinski definition) is 3. The molecule has 16 heavy (non-hydrogen) atoms. The Morgan fingerprint density at radius 1 is 1.44 bits per heavy atom. The monoisotopic (exact) mass is 247 g/mol. The molecule has 8 heteroatoms. The van der Waals surface area contributed by atoms with E-state index in [-0.39, 0.29) is 5.82 Å². The zero-order valence-corrected chi connectivity index (χ0v) is 10.4. The van der Waals surface area contributed by atoms with Crippen LogP contribution in [0.15, 0.2) is 0 Å². The summed E-state index contributed by atoms with van der Waals surface area (Å²) in [4.78, 5) is 0. The maximum absolute atomic E-state index is 11.8. The van der Waals surface area contributed by atoms with E-state index >= 15 is 0 Å². The van der Waals surface area contributed by atoms with Crippen molar-refractivity contribution in [2.75, 3.05) is 23.5 Å². The average molecular weight is 247 g/mol. The largest absolute Gasteiger partial charge is 0.394 e. The van der Waals surface area contributed by atoms with E-state index < -0.39 is 10.2 Å². The molecule has 0 aliphatic rings. The number of aromatic amines is 1. The number of nitrogens with two attached hydrogens (primary N) is 1. The zero-order valence-electron chi connectivity index (χ0n) is 9.61. The summed E-state index contributed by atoms with van der Waals surface area (Å²) in [5.74, 6) is 0.143. The number of nitrogens with zero attached hydrogens (tertiary/aromatic N) is 2. The van der Waals surface area contributed by atoms with Crippen molar-refractivity contribution in [2.45, 2.75) is 20.8 Å². The first kappa shape index (κ1) is 12.8. The highest BCUT2D eigenvalue weighted by Crippen LogP contribution is 2.19. The minimum Gasteiger partial charge on any atom is -0.394 e. The molecule has 0 bridgehead atoms. The predicted molar refractivity (Wildman–Crippen MR) is 63.2 cm³/mol. The number of hydrogen-bond acceptors (Lipinski definition) is 4. The highest BCUT2D eigenvalue weighted by Gasteiger charge is 2.21. The van der Waals surface area contributed by atoms with Gasteiger partial charge in [0.1, 0.15) is 0 Å². The SMILES string of the molecule is CCN(CC)S(=O)(=O)Nc1n[nH]c(C)c1N. The summed E-state index contributed by atoms with van der Waals surface area (Å²) in [5, 5.41) is 6.40. The van der Waals surface area contributed by atoms with Crippen molar-refractivity contribution in [3.05, 3.63) is 5.69 Å². The lowest BCUT2D eigenvalue weighted by molar-refractivity contribution is 0.449. The Bertz CT molecular complexity index is 449. The first-order chi connectivity index (χ1) is 7.42. The van der Waals surface area contributed by atoms with Gasteiger partial charge in [-0.1, -0.05) is 13.8 Å². The summed E-state index contributed by atoms with van der Waals surface area (Å²) in [6.07, 6.45) is 0. The van der Waals surface area contributed by atoms with Gasteiger partial charge in [-0.15, -0.1) is 0 Å². The molecular weight excluding hydrogens is 230 g/mol. The van der Waals surface area contributed by atoms with Crippen LogP contribution in [0.1, 0.15) is 19.5 Å². The van der Waals surface area contributed by atoms with Gasteiger partial charge in [0.15, 0.2) is 5.82 Å². The van der Waals surface area contributed by atoms with E-state index in [1.807, 2.05) is 0 Å². The Morgan fingerprint density at radius 2 is 2.00 bits per heavy atom. The van der Waals surface area contributed by atoms with E-state index in [2.05, 4.69) is 14.9 Å². The van der Waals surface area contributed by atoms with E-state index in [4.69, 9.17) is 5.73 Å². The van der Waals surface area contributed by atoms with Crippen molar-refractivity contribution in [1.29, 1.82) is 0 Å². The second-order valence-corrected chi connectivity index (χ2v) is 4.97. The molecule has 1 rings (SSSR count). The lowest BCUT2D eigenvalue weighted by Crippen LogP contribution is -2.35. The minimum atomic E-state index is -3.56. The highest BCUT2D eigenvalue weighted by atomic mass is 32.2. The van der Waals surface area contributed by atoms with Crippen LogP contribution in [0.4, 0.5) is 11.5 Å². The summed E-state index contributed by atoms with van der Waals surface area (Å²) in [7, 11) is -3.56. The van der Waals surface area contributed by atoms with Crippen LogP contribution in [0.3, 0.4) is 0 Å². The van der Waals surface area contributed by atoms with Crippen LogP contribution in [-0.4, -0.2) is 36.0 Å². The van der Waals surface area contributed by atoms with Crippen LogP contribution in [0.25, 0.3) is 0 Å². The summed E-state index contributed by atoms with van der Waals surface area (Å²) < 4.78 is 27.3. The fourth-order valence-electron chi connectivity index (χ4n) is 1.27. The highest BCUT2D eigenvalue weighted by molar-refractivity contribution is 7.90. The Balaban J connectivity index is 2.93. The topological polar surface area (TPSA) is 104 Å². The van der Waals surface area contributed by atoms with Crippen LogP contribution < -0.4 is 10.5 Å². The molecular formula is C8H17N5O2S. The molecule has 1 aromatic heterocycles. The van der Waals surface area contributed by atoms with Gasteiger partial charge in [-0.05, 0) is 6.92 Å². The summed E-state index contributed by atoms with van der Waals surface area (Å²) in [6, 6.07) is 0. The van der Waals surface area contributed by atoms with Gasteiger partial charge in [-0.3, -0.25) is 9.82 Å². The molecule has 0 aliphatic carbocycles. The molecule has 0 atom stereocenters. The van der Waals surface area contributed by atoms with Crippen LogP contribution in [0, 0.1) is 6.92 Å². The number of anilines is 2. The van der Waals surface area contributed by atoms with Gasteiger partial charge in [0.05, 0.1) is 11.4 Å². The molecule has 1 aromatic rings. The van der Waals surface area contributed by atoms with Crippen molar-refractivity contribution >= 4 is 21.7 Å². The van der Waals surface area contributed by atoms with E-state index in [1.165, 1.54) is 4.31 Å². The van der Waals surface area contributed by atoms with Crippen molar-refractivity contribution in [3.8, 4) is 0 Å². The van der Waals surface area contributed by atoms with E-state index in [9.17, 15) is 8.42 Å². The van der Waals surface area contributed by atoms with E-state index in [1.54, 1.807) is 20.8 Å². The molecule has 0 fully saturated rings. The maximum atomic E-state index is 11.8. The standard InChI is InChI=1S/C8H17N5O2S/c1-4-13(5-2)16(14,15)12-8-7(9)6(3)10-11-8/h4-5,9H2,1-3H3,(H2,10,11,12). The first-order valence-corrected chi connectivity index (χ1v) is 6.44. The molecule has 7 nitrogen and oxygen atoms in total. The molecule has 1 heterocycles. The smallest absolute Gasteiger partial charge is 0.302 e. The first-order valence-electron chi connectivity index (χ1n) is 5.00. The van der Waals surface area contributed by atoms with Crippen molar-refractivity contribution in [2.24, 2.45) is 0 Å². The van der Waals surface area contributed by atoms with E-state index in [0.717, 1.165) is 0 Å². The summed E-state index contributed by atoms with van der Waals surface area (Å²) in [6.45, 7) is 6.05. The lowest BCUT2D eigenvalue weighted by atomic mass is 10.4. The number of aromatic nitrogens is 2. The van der Waals surface area contributed by atoms with Gasteiger partial charge in [0.25, 0.3) is 0 Å². The number of H-pyrrole nitrogens is 1. The molecule has 0 saturated carbocycles. The van der Waals surface area contributed by atoms with Crippen molar-refractivity contribution < 1.29 is 8.42 Å². The van der Waals surface area contributed by atoms with E-state index in [0.29, 0.717) is 24.5 Å². The third kappa shape index (κ3) is 2.45. The Morgan fingerprint density at radius 3 is 2.38 bits per heavy atom. The predicted octanol–water partition coefficient (Wildman–Crippen LogP) is 0.299. The van der Waals surface area contributed by atoms with Crippen LogP contribution >= 0.6 is 0 Å². The van der Waals surface area contributed by atoms with Gasteiger partial charge < -0.3 is 5.73 Å². The van der Waals surface area contributed by atoms with Gasteiger partial charge >= 0.3 is 10.2 Å². The quantitative estimate of drug-likeness (QED) is 0.696. The molecule has 0 aliphatic heterocycles. The number of nitrogen functional groups attached to an aromatic ring is 1. The van der Waals surface area contributed by atoms with Gasteiger partial charge in [0, 0.05) is 13.1 Å². The maximum Gasteiger partial charge on any atom is 0.302 e. The van der Waals surface area contributed by atoms with Crippen LogP contribution in [-0.2, 0) is 10.2 Å². The van der Waals surface area contributed by atoms with Crippen molar-refractivity contribution in [3.63, 3.8) is 0 Å². The molecule has 0 aromatic carbocycles. The van der Waals surface area contributed by atoms with Crippen LogP contribution in [0.2, 0.25) is 0 Å².